The number of carbonyl (C=O) groups excluding carboxylic acids is 5. The number of hydrazone groups is 1. The molecule has 0 radical (unpaired) electrons. The lowest BCUT2D eigenvalue weighted by atomic mass is 9.87. The van der Waals surface area contributed by atoms with Crippen LogP contribution in [0.2, 0.25) is 0 Å². The summed E-state index contributed by atoms with van der Waals surface area (Å²) in [7, 11) is 1.62. The van der Waals surface area contributed by atoms with Gasteiger partial charge in [0.2, 0.25) is 17.7 Å². The number of Topliss-reactive ketones (excluding diaryl/α,β-unsaturated/α-hetero) is 2. The highest BCUT2D eigenvalue weighted by Crippen LogP contribution is 2.31. The van der Waals surface area contributed by atoms with E-state index in [0.29, 0.717) is 104 Å². The van der Waals surface area contributed by atoms with Crippen LogP contribution in [0.3, 0.4) is 0 Å². The van der Waals surface area contributed by atoms with Gasteiger partial charge in [0.05, 0.1) is 96.8 Å². The molecule has 3 amide bonds. The summed E-state index contributed by atoms with van der Waals surface area (Å²) in [5.74, 6) is -2.63. The summed E-state index contributed by atoms with van der Waals surface area (Å²) in [6.45, 7) is 15.7. The largest absolute Gasteiger partial charge is 0.382 e. The maximum atomic E-state index is 14.7. The number of ether oxygens (including phenoxy) is 6. The number of methoxy groups -OCH3 is 1. The van der Waals surface area contributed by atoms with Gasteiger partial charge < -0.3 is 39.1 Å². The quantitative estimate of drug-likeness (QED) is 0.0372. The van der Waals surface area contributed by atoms with Crippen molar-refractivity contribution in [3.05, 3.63) is 71.8 Å². The number of hydrogen-bond acceptors (Lipinski definition) is 13. The Morgan fingerprint density at radius 1 is 0.721 bits per heavy atom. The molecule has 2 aromatic carbocycles. The fraction of sp³-hybridized carbons (Fsp3) is 0.654. The summed E-state index contributed by atoms with van der Waals surface area (Å²) in [4.78, 5) is 72.0. The van der Waals surface area contributed by atoms with Crippen LogP contribution in [-0.2, 0) is 65.2 Å². The number of amides is 3. The van der Waals surface area contributed by atoms with E-state index in [9.17, 15) is 24.0 Å². The van der Waals surface area contributed by atoms with E-state index in [1.807, 2.05) is 95.3 Å². The molecule has 4 rings (SSSR count). The molecule has 2 aliphatic rings. The van der Waals surface area contributed by atoms with Gasteiger partial charge in [-0.1, -0.05) is 88.4 Å². The SMILES string of the molecule is COCCOCCOCCOCCC(=O)N/N=C(/[C@H](CC(C)C)NC(=O)[C@@H](CC(=O)[C@H](CC(C)C)NC(=O)[C@H](CCc1ccccc1)CC(=O)CN1CCOCC1)Cc1ccccc1)[C@@]1(C)CO1. The van der Waals surface area contributed by atoms with Crippen molar-refractivity contribution in [2.75, 3.05) is 92.8 Å². The zero-order valence-corrected chi connectivity index (χ0v) is 41.5. The van der Waals surface area contributed by atoms with E-state index in [4.69, 9.17) is 28.4 Å². The average Bonchev–Trinajstić information content (AvgIpc) is 4.06. The second-order valence-electron chi connectivity index (χ2n) is 18.9. The lowest BCUT2D eigenvalue weighted by molar-refractivity contribution is -0.134. The van der Waals surface area contributed by atoms with E-state index < -0.39 is 29.5 Å². The van der Waals surface area contributed by atoms with Gasteiger partial charge in [0.1, 0.15) is 11.4 Å². The van der Waals surface area contributed by atoms with Crippen LogP contribution in [0.5, 0.6) is 0 Å². The van der Waals surface area contributed by atoms with Gasteiger partial charge in [0.25, 0.3) is 0 Å². The molecule has 3 N–H and O–H groups in total. The minimum absolute atomic E-state index is 0.0296. The first-order chi connectivity index (χ1) is 32.8. The molecule has 68 heavy (non-hydrogen) atoms. The molecule has 16 nitrogen and oxygen atoms in total. The number of aryl methyl sites for hydroxylation is 1. The highest BCUT2D eigenvalue weighted by molar-refractivity contribution is 6.02. The van der Waals surface area contributed by atoms with Crippen LogP contribution < -0.4 is 16.1 Å². The Bertz CT molecular complexity index is 1840. The summed E-state index contributed by atoms with van der Waals surface area (Å²) in [5.41, 5.74) is 4.27. The number of nitrogens with one attached hydrogen (secondary N) is 3. The van der Waals surface area contributed by atoms with Crippen LogP contribution in [0.25, 0.3) is 0 Å². The Morgan fingerprint density at radius 2 is 1.26 bits per heavy atom. The predicted octanol–water partition coefficient (Wildman–Crippen LogP) is 4.75. The van der Waals surface area contributed by atoms with Crippen molar-refractivity contribution in [3.63, 3.8) is 0 Å². The third-order valence-electron chi connectivity index (χ3n) is 12.0. The molecule has 2 aliphatic heterocycles. The summed E-state index contributed by atoms with van der Waals surface area (Å²) in [6, 6.07) is 17.9. The van der Waals surface area contributed by atoms with Crippen molar-refractivity contribution in [1.82, 2.24) is 21.0 Å². The molecule has 2 aromatic rings. The predicted molar refractivity (Wildman–Crippen MR) is 260 cm³/mol. The summed E-state index contributed by atoms with van der Waals surface area (Å²) in [6.07, 6.45) is 2.14. The maximum absolute atomic E-state index is 14.7. The molecule has 0 bridgehead atoms. The molecule has 5 atom stereocenters. The first-order valence-corrected chi connectivity index (χ1v) is 24.5. The summed E-state index contributed by atoms with van der Waals surface area (Å²) in [5, 5.41) is 10.9. The number of hydrogen-bond donors (Lipinski definition) is 3. The van der Waals surface area contributed by atoms with Crippen LogP contribution in [0.1, 0.15) is 84.3 Å². The van der Waals surface area contributed by atoms with E-state index in [2.05, 4.69) is 26.1 Å². The highest BCUT2D eigenvalue weighted by Gasteiger charge is 2.49. The van der Waals surface area contributed by atoms with Crippen LogP contribution >= 0.6 is 0 Å². The highest BCUT2D eigenvalue weighted by atomic mass is 16.6. The van der Waals surface area contributed by atoms with Gasteiger partial charge in [-0.2, -0.15) is 5.10 Å². The van der Waals surface area contributed by atoms with Crippen LogP contribution in [0.4, 0.5) is 0 Å². The minimum atomic E-state index is -0.873. The van der Waals surface area contributed by atoms with E-state index in [1.165, 1.54) is 0 Å². The van der Waals surface area contributed by atoms with Gasteiger partial charge in [0, 0.05) is 44.9 Å². The first kappa shape index (κ1) is 56.2. The van der Waals surface area contributed by atoms with Crippen molar-refractivity contribution in [1.29, 1.82) is 0 Å². The normalized spacial score (nSPS) is 18.1. The molecule has 2 heterocycles. The molecule has 378 valence electrons. The third kappa shape index (κ3) is 21.9. The molecule has 0 spiro atoms. The number of rotatable bonds is 35. The van der Waals surface area contributed by atoms with Gasteiger partial charge >= 0.3 is 0 Å². The number of benzene rings is 2. The minimum Gasteiger partial charge on any atom is -0.382 e. The average molecular weight is 950 g/mol. The topological polar surface area (TPSA) is 196 Å². The van der Waals surface area contributed by atoms with Crippen molar-refractivity contribution < 1.29 is 52.4 Å². The Hall–Kier alpha value is -4.42. The van der Waals surface area contributed by atoms with Crippen LogP contribution in [0.15, 0.2) is 65.8 Å². The van der Waals surface area contributed by atoms with Gasteiger partial charge in [0.15, 0.2) is 5.78 Å². The van der Waals surface area contributed by atoms with Crippen LogP contribution in [0, 0.1) is 23.7 Å². The molecule has 2 saturated heterocycles. The van der Waals surface area contributed by atoms with E-state index >= 15 is 0 Å². The molecular formula is C52H79N5O11. The number of epoxide rings is 1. The maximum Gasteiger partial charge on any atom is 0.242 e. The monoisotopic (exact) mass is 950 g/mol. The smallest absolute Gasteiger partial charge is 0.242 e. The molecular weight excluding hydrogens is 871 g/mol. The molecule has 0 saturated carbocycles. The number of nitrogens with zero attached hydrogens (tertiary/aromatic N) is 2. The lowest BCUT2D eigenvalue weighted by Crippen LogP contribution is -2.51. The Labute approximate surface area is 404 Å². The first-order valence-electron chi connectivity index (χ1n) is 24.5. The molecule has 2 fully saturated rings. The summed E-state index contributed by atoms with van der Waals surface area (Å²) < 4.78 is 32.7. The van der Waals surface area contributed by atoms with Gasteiger partial charge in [-0.15, -0.1) is 0 Å². The zero-order chi connectivity index (χ0) is 49.2. The van der Waals surface area contributed by atoms with Crippen molar-refractivity contribution in [2.24, 2.45) is 28.8 Å². The Morgan fingerprint density at radius 3 is 1.85 bits per heavy atom. The van der Waals surface area contributed by atoms with E-state index in [-0.39, 0.29) is 80.0 Å². The van der Waals surface area contributed by atoms with Crippen molar-refractivity contribution >= 4 is 35.0 Å². The van der Waals surface area contributed by atoms with Crippen molar-refractivity contribution in [2.45, 2.75) is 104 Å². The Balaban J connectivity index is 1.46. The Kier molecular flexibility index (Phi) is 25.6. The van der Waals surface area contributed by atoms with Gasteiger partial charge in [-0.25, -0.2) is 5.43 Å². The fourth-order valence-corrected chi connectivity index (χ4v) is 8.08. The van der Waals surface area contributed by atoms with E-state index in [1.54, 1.807) is 7.11 Å². The van der Waals surface area contributed by atoms with E-state index in [0.717, 1.165) is 11.1 Å². The second kappa shape index (κ2) is 30.9. The second-order valence-corrected chi connectivity index (χ2v) is 18.9. The molecule has 0 unspecified atom stereocenters. The molecule has 16 heteroatoms. The molecule has 0 aromatic heterocycles. The van der Waals surface area contributed by atoms with Crippen LogP contribution in [-0.4, -0.2) is 150 Å². The lowest BCUT2D eigenvalue weighted by Gasteiger charge is -2.28. The number of carbonyl (C=O) groups is 5. The van der Waals surface area contributed by atoms with Gasteiger partial charge in [-0.3, -0.25) is 28.9 Å². The summed E-state index contributed by atoms with van der Waals surface area (Å²) >= 11 is 0. The molecule has 0 aliphatic carbocycles. The fourth-order valence-electron chi connectivity index (χ4n) is 8.08. The third-order valence-corrected chi connectivity index (χ3v) is 12.0. The van der Waals surface area contributed by atoms with Crippen molar-refractivity contribution in [3.8, 4) is 0 Å². The zero-order valence-electron chi connectivity index (χ0n) is 41.5. The standard InChI is InChI=1S/C52H79N5O11/c1-38(2)31-45(53-50(61)42(18-17-40-13-9-7-10-14-40)34-44(58)36-57-20-23-65-24-21-57)47(59)35-43(33-41-15-11-8-12-16-41)51(62)54-46(32-39(3)4)49(52(5)37-68-52)56-55-48(60)19-22-64-27-28-67-30-29-66-26-25-63-6/h7-16,38-39,42-43,45-46H,17-37H2,1-6H3,(H,53,61)(H,54,62)(H,55,60)/b56-49-/t42-,43-,45+,46+,52-/m1/s1. The number of morpholine rings is 1. The van der Waals surface area contributed by atoms with Gasteiger partial charge in [-0.05, 0) is 62.0 Å². The number of ketones is 2.